The molecule has 2 N–H and O–H groups in total. The van der Waals surface area contributed by atoms with E-state index in [2.05, 4.69) is 15.5 Å². The predicted octanol–water partition coefficient (Wildman–Crippen LogP) is 1.97. The van der Waals surface area contributed by atoms with E-state index in [1.807, 2.05) is 38.1 Å². The normalized spacial score (nSPS) is 14.8. The number of nitrogens with zero attached hydrogens (tertiary/aromatic N) is 3. The predicted molar refractivity (Wildman–Crippen MR) is 103 cm³/mol. The Morgan fingerprint density at radius 2 is 1.63 bits per heavy atom. The zero-order valence-corrected chi connectivity index (χ0v) is 16.2. The van der Waals surface area contributed by atoms with Crippen molar-refractivity contribution in [3.05, 3.63) is 35.7 Å². The third-order valence-corrected chi connectivity index (χ3v) is 4.47. The van der Waals surface area contributed by atoms with Gasteiger partial charge in [0.1, 0.15) is 30.8 Å². The maximum absolute atomic E-state index is 9.87. The van der Waals surface area contributed by atoms with Gasteiger partial charge in [-0.25, -0.2) is 0 Å². The van der Waals surface area contributed by atoms with Gasteiger partial charge in [0.25, 0.3) is 0 Å². The van der Waals surface area contributed by atoms with Crippen LogP contribution in [0.1, 0.15) is 38.1 Å². The summed E-state index contributed by atoms with van der Waals surface area (Å²) in [6.07, 6.45) is 3.97. The lowest BCUT2D eigenvalue weighted by Crippen LogP contribution is -2.35. The van der Waals surface area contributed by atoms with Crippen molar-refractivity contribution in [2.45, 2.75) is 58.2 Å². The number of hydrogen-bond acceptors (Lipinski definition) is 6. The van der Waals surface area contributed by atoms with Crippen LogP contribution in [0.5, 0.6) is 11.5 Å². The molecule has 148 valence electrons. The average Bonchev–Trinajstić information content (AvgIpc) is 3.08. The molecule has 0 fully saturated rings. The maximum Gasteiger partial charge on any atom is 0.119 e. The van der Waals surface area contributed by atoms with Crippen molar-refractivity contribution < 1.29 is 14.6 Å². The number of benzene rings is 1. The van der Waals surface area contributed by atoms with Crippen LogP contribution in [0.4, 0.5) is 0 Å². The number of ether oxygens (including phenoxy) is 2. The summed E-state index contributed by atoms with van der Waals surface area (Å²) in [4.78, 5) is 1.75. The van der Waals surface area contributed by atoms with Crippen molar-refractivity contribution in [1.82, 2.24) is 20.3 Å². The van der Waals surface area contributed by atoms with Crippen LogP contribution in [0.25, 0.3) is 0 Å². The van der Waals surface area contributed by atoms with Crippen LogP contribution < -0.4 is 14.8 Å². The largest absolute Gasteiger partial charge is 0.492 e. The Balaban J connectivity index is 1.38. The van der Waals surface area contributed by atoms with E-state index in [9.17, 15) is 5.11 Å². The van der Waals surface area contributed by atoms with E-state index in [0.717, 1.165) is 30.0 Å². The summed E-state index contributed by atoms with van der Waals surface area (Å²) in [6, 6.07) is 7.79. The van der Waals surface area contributed by atoms with E-state index >= 15 is 0 Å². The summed E-state index contributed by atoms with van der Waals surface area (Å²) in [5.41, 5.74) is 2.29. The first kappa shape index (κ1) is 19.6. The molecule has 7 nitrogen and oxygen atoms in total. The molecule has 0 aliphatic heterocycles. The number of aryl methyl sites for hydroxylation is 2. The average molecular weight is 374 g/mol. The zero-order chi connectivity index (χ0) is 19.1. The number of nitrogens with one attached hydrogen (secondary N) is 1. The lowest BCUT2D eigenvalue weighted by Gasteiger charge is -2.15. The quantitative estimate of drug-likeness (QED) is 0.662. The second-order valence-electron chi connectivity index (χ2n) is 7.24. The monoisotopic (exact) mass is 374 g/mol. The SMILES string of the molecule is CC(C)NCC(O)COc1ccc(OCCn2nc3c(n2)CCCC3)cc1. The molecule has 0 amide bonds. The molecular weight excluding hydrogens is 344 g/mol. The molecule has 0 bridgehead atoms. The fraction of sp³-hybridized carbons (Fsp3) is 0.600. The van der Waals surface area contributed by atoms with Crippen LogP contribution in [0.2, 0.25) is 0 Å². The maximum atomic E-state index is 9.87. The van der Waals surface area contributed by atoms with E-state index in [-0.39, 0.29) is 6.61 Å². The van der Waals surface area contributed by atoms with Crippen molar-refractivity contribution in [2.24, 2.45) is 0 Å². The van der Waals surface area contributed by atoms with Crippen molar-refractivity contribution >= 4 is 0 Å². The molecule has 1 aliphatic rings. The van der Waals surface area contributed by atoms with Gasteiger partial charge >= 0.3 is 0 Å². The summed E-state index contributed by atoms with van der Waals surface area (Å²) in [5, 5.41) is 22.1. The van der Waals surface area contributed by atoms with Gasteiger partial charge in [-0.1, -0.05) is 13.8 Å². The van der Waals surface area contributed by atoms with Gasteiger partial charge in [-0.2, -0.15) is 15.0 Å². The van der Waals surface area contributed by atoms with Crippen LogP contribution in [0.15, 0.2) is 24.3 Å². The van der Waals surface area contributed by atoms with Gasteiger partial charge in [-0.3, -0.25) is 0 Å². The summed E-state index contributed by atoms with van der Waals surface area (Å²) < 4.78 is 11.4. The molecule has 27 heavy (non-hydrogen) atoms. The third kappa shape index (κ3) is 6.22. The molecule has 1 heterocycles. The lowest BCUT2D eigenvalue weighted by molar-refractivity contribution is 0.104. The Morgan fingerprint density at radius 1 is 1.04 bits per heavy atom. The van der Waals surface area contributed by atoms with Gasteiger partial charge in [0, 0.05) is 12.6 Å². The van der Waals surface area contributed by atoms with E-state index in [1.165, 1.54) is 12.8 Å². The Morgan fingerprint density at radius 3 is 2.22 bits per heavy atom. The van der Waals surface area contributed by atoms with Gasteiger partial charge in [0.2, 0.25) is 0 Å². The zero-order valence-electron chi connectivity index (χ0n) is 16.2. The van der Waals surface area contributed by atoms with E-state index < -0.39 is 6.10 Å². The highest BCUT2D eigenvalue weighted by atomic mass is 16.5. The van der Waals surface area contributed by atoms with Gasteiger partial charge in [-0.05, 0) is 49.9 Å². The topological polar surface area (TPSA) is 81.4 Å². The minimum atomic E-state index is -0.532. The van der Waals surface area contributed by atoms with E-state index in [4.69, 9.17) is 9.47 Å². The number of hydrogen-bond donors (Lipinski definition) is 2. The molecule has 3 rings (SSSR count). The summed E-state index contributed by atoms with van der Waals surface area (Å²) in [6.45, 7) is 6.03. The van der Waals surface area contributed by atoms with Crippen LogP contribution in [0, 0.1) is 0 Å². The Bertz CT molecular complexity index is 676. The standard InChI is InChI=1S/C20H30N4O3/c1-15(2)21-13-16(25)14-27-18-9-7-17(8-10-18)26-12-11-24-22-19-5-3-4-6-20(19)23-24/h7-10,15-16,21,25H,3-6,11-14H2,1-2H3. The number of aliphatic hydroxyl groups is 1. The van der Waals surface area contributed by atoms with Crippen molar-refractivity contribution in [3.63, 3.8) is 0 Å². The molecule has 1 aromatic heterocycles. The number of aromatic nitrogens is 3. The number of fused-ring (bicyclic) bond motifs is 1. The summed E-state index contributed by atoms with van der Waals surface area (Å²) in [7, 11) is 0. The molecular formula is C20H30N4O3. The minimum absolute atomic E-state index is 0.259. The number of rotatable bonds is 10. The molecule has 0 spiro atoms. The highest BCUT2D eigenvalue weighted by molar-refractivity contribution is 5.31. The second-order valence-corrected chi connectivity index (χ2v) is 7.24. The minimum Gasteiger partial charge on any atom is -0.492 e. The van der Waals surface area contributed by atoms with E-state index in [0.29, 0.717) is 31.5 Å². The molecule has 7 heteroatoms. The van der Waals surface area contributed by atoms with Gasteiger partial charge in [-0.15, -0.1) is 0 Å². The summed E-state index contributed by atoms with van der Waals surface area (Å²) in [5.74, 6) is 1.49. The van der Waals surface area contributed by atoms with Gasteiger partial charge in [0.15, 0.2) is 0 Å². The fourth-order valence-electron chi connectivity index (χ4n) is 2.99. The fourth-order valence-corrected chi connectivity index (χ4v) is 2.99. The van der Waals surface area contributed by atoms with Gasteiger partial charge in [0.05, 0.1) is 17.9 Å². The first-order valence-corrected chi connectivity index (χ1v) is 9.80. The Kier molecular flexibility index (Phi) is 7.06. The smallest absolute Gasteiger partial charge is 0.119 e. The van der Waals surface area contributed by atoms with Crippen LogP contribution in [0.3, 0.4) is 0 Å². The molecule has 1 aromatic carbocycles. The van der Waals surface area contributed by atoms with Crippen LogP contribution in [-0.2, 0) is 19.4 Å². The van der Waals surface area contributed by atoms with Crippen molar-refractivity contribution in [3.8, 4) is 11.5 Å². The highest BCUT2D eigenvalue weighted by Gasteiger charge is 2.15. The van der Waals surface area contributed by atoms with Crippen LogP contribution >= 0.6 is 0 Å². The second kappa shape index (κ2) is 9.71. The highest BCUT2D eigenvalue weighted by Crippen LogP contribution is 2.19. The van der Waals surface area contributed by atoms with Crippen molar-refractivity contribution in [2.75, 3.05) is 19.8 Å². The lowest BCUT2D eigenvalue weighted by atomic mass is 10.0. The third-order valence-electron chi connectivity index (χ3n) is 4.47. The molecule has 1 atom stereocenters. The first-order chi connectivity index (χ1) is 13.1. The van der Waals surface area contributed by atoms with Gasteiger partial charge < -0.3 is 19.9 Å². The molecule has 0 saturated carbocycles. The Hall–Kier alpha value is -2.12. The van der Waals surface area contributed by atoms with E-state index in [1.54, 1.807) is 4.80 Å². The first-order valence-electron chi connectivity index (χ1n) is 9.80. The Labute approximate surface area is 160 Å². The molecule has 0 radical (unpaired) electrons. The molecule has 1 aliphatic carbocycles. The van der Waals surface area contributed by atoms with Crippen LogP contribution in [-0.4, -0.2) is 52.0 Å². The molecule has 0 saturated heterocycles. The van der Waals surface area contributed by atoms with Crippen molar-refractivity contribution in [1.29, 1.82) is 0 Å². The number of aliphatic hydroxyl groups excluding tert-OH is 1. The molecule has 1 unspecified atom stereocenters. The molecule has 2 aromatic rings. The summed E-state index contributed by atoms with van der Waals surface area (Å²) >= 11 is 0.